The van der Waals surface area contributed by atoms with Crippen molar-refractivity contribution in [2.75, 3.05) is 62.7 Å². The van der Waals surface area contributed by atoms with Gasteiger partial charge < -0.3 is 20.1 Å². The topological polar surface area (TPSA) is 73.8 Å². The van der Waals surface area contributed by atoms with Crippen molar-refractivity contribution >= 4 is 35.1 Å². The summed E-state index contributed by atoms with van der Waals surface area (Å²) < 4.78 is 5.73. The zero-order valence-corrected chi connectivity index (χ0v) is 16.3. The number of β-amino-alcohol motifs (C(OH)–C–C–N with tert-alkyl or cyclic N) is 1. The maximum absolute atomic E-state index is 9.11. The summed E-state index contributed by atoms with van der Waals surface area (Å²) in [6.07, 6.45) is 2.52. The molecule has 2 aliphatic heterocycles. The fraction of sp³-hybridized carbons (Fsp3) is 0.579. The van der Waals surface area contributed by atoms with Gasteiger partial charge >= 0.3 is 0 Å². The number of benzene rings is 1. The number of halogens is 1. The van der Waals surface area contributed by atoms with Crippen LogP contribution in [0.25, 0.3) is 10.9 Å². The molecule has 0 spiro atoms. The number of aliphatic hydroxyl groups is 1. The quantitative estimate of drug-likeness (QED) is 0.774. The molecule has 2 aliphatic rings. The third kappa shape index (κ3) is 4.79. The van der Waals surface area contributed by atoms with E-state index in [-0.39, 0.29) is 25.1 Å². The third-order valence-electron chi connectivity index (χ3n) is 5.18. The van der Waals surface area contributed by atoms with E-state index in [9.17, 15) is 0 Å². The number of nitrogens with one attached hydrogen (secondary N) is 1. The Morgan fingerprint density at radius 1 is 1.15 bits per heavy atom. The first-order valence-electron chi connectivity index (χ1n) is 9.54. The summed E-state index contributed by atoms with van der Waals surface area (Å²) >= 11 is 0. The molecule has 1 atom stereocenters. The molecule has 1 unspecified atom stereocenters. The van der Waals surface area contributed by atoms with Crippen LogP contribution in [0.1, 0.15) is 12.8 Å². The van der Waals surface area contributed by atoms with Gasteiger partial charge in [-0.2, -0.15) is 4.98 Å². The molecule has 27 heavy (non-hydrogen) atoms. The number of rotatable bonds is 6. The second-order valence-corrected chi connectivity index (χ2v) is 6.96. The van der Waals surface area contributed by atoms with Crippen LogP contribution in [0.5, 0.6) is 0 Å². The van der Waals surface area contributed by atoms with Crippen LogP contribution >= 0.6 is 12.4 Å². The fourth-order valence-electron chi connectivity index (χ4n) is 3.67. The first-order chi connectivity index (χ1) is 12.8. The number of hydrogen-bond acceptors (Lipinski definition) is 7. The number of anilines is 2. The predicted octanol–water partition coefficient (Wildman–Crippen LogP) is 1.76. The molecule has 7 nitrogen and oxygen atoms in total. The minimum Gasteiger partial charge on any atom is -0.395 e. The summed E-state index contributed by atoms with van der Waals surface area (Å²) in [6, 6.07) is 8.15. The highest BCUT2D eigenvalue weighted by Crippen LogP contribution is 2.24. The molecule has 1 aromatic carbocycles. The van der Waals surface area contributed by atoms with Crippen LogP contribution in [0.3, 0.4) is 0 Å². The van der Waals surface area contributed by atoms with Crippen molar-refractivity contribution in [2.45, 2.75) is 18.9 Å². The van der Waals surface area contributed by atoms with E-state index in [1.165, 1.54) is 0 Å². The number of ether oxygens (including phenoxy) is 1. The Morgan fingerprint density at radius 2 is 1.96 bits per heavy atom. The van der Waals surface area contributed by atoms with Gasteiger partial charge in [0.25, 0.3) is 0 Å². The smallest absolute Gasteiger partial charge is 0.227 e. The number of aliphatic hydroxyl groups excluding tert-OH is 1. The van der Waals surface area contributed by atoms with Gasteiger partial charge in [0.1, 0.15) is 5.82 Å². The molecule has 8 heteroatoms. The van der Waals surface area contributed by atoms with Crippen molar-refractivity contribution in [3.05, 3.63) is 24.3 Å². The van der Waals surface area contributed by atoms with Crippen molar-refractivity contribution in [3.8, 4) is 0 Å². The second-order valence-electron chi connectivity index (χ2n) is 6.96. The summed E-state index contributed by atoms with van der Waals surface area (Å²) in [5, 5.41) is 13.6. The highest BCUT2D eigenvalue weighted by molar-refractivity contribution is 5.90. The third-order valence-corrected chi connectivity index (χ3v) is 5.18. The molecule has 0 amide bonds. The number of piperazine rings is 1. The Bertz CT molecular complexity index is 733. The number of hydrogen-bond donors (Lipinski definition) is 2. The number of fused-ring (bicyclic) bond motifs is 1. The summed E-state index contributed by atoms with van der Waals surface area (Å²) in [7, 11) is 0. The van der Waals surface area contributed by atoms with Crippen LogP contribution < -0.4 is 10.2 Å². The Balaban J connectivity index is 0.00000210. The van der Waals surface area contributed by atoms with Crippen molar-refractivity contribution in [3.63, 3.8) is 0 Å². The van der Waals surface area contributed by atoms with Crippen LogP contribution in [-0.4, -0.2) is 78.6 Å². The van der Waals surface area contributed by atoms with E-state index in [1.807, 2.05) is 18.2 Å². The molecule has 2 saturated heterocycles. The van der Waals surface area contributed by atoms with Crippen LogP contribution in [0.15, 0.2) is 24.3 Å². The molecule has 0 bridgehead atoms. The molecule has 0 saturated carbocycles. The molecule has 0 radical (unpaired) electrons. The van der Waals surface area contributed by atoms with Crippen molar-refractivity contribution < 1.29 is 9.84 Å². The largest absolute Gasteiger partial charge is 0.395 e. The SMILES string of the molecule is Cl.OCCN1CCN(c2nc(NCC3CCCO3)c3ccccc3n2)CC1. The minimum absolute atomic E-state index is 0. The minimum atomic E-state index is 0. The molecule has 2 N–H and O–H groups in total. The van der Waals surface area contributed by atoms with Crippen molar-refractivity contribution in [2.24, 2.45) is 0 Å². The molecule has 3 heterocycles. The summed E-state index contributed by atoms with van der Waals surface area (Å²) in [4.78, 5) is 14.1. The lowest BCUT2D eigenvalue weighted by Crippen LogP contribution is -2.47. The molecule has 1 aromatic heterocycles. The molecule has 4 rings (SSSR count). The maximum atomic E-state index is 9.11. The van der Waals surface area contributed by atoms with E-state index in [1.54, 1.807) is 0 Å². The lowest BCUT2D eigenvalue weighted by atomic mass is 10.2. The lowest BCUT2D eigenvalue weighted by Gasteiger charge is -2.34. The molecular formula is C19H28ClN5O2. The first kappa shape index (κ1) is 20.1. The van der Waals surface area contributed by atoms with E-state index in [0.29, 0.717) is 0 Å². The standard InChI is InChI=1S/C19H27N5O2.ClH/c25-12-11-23-7-9-24(10-8-23)19-21-17-6-2-1-5-16(17)18(22-19)20-14-15-4-3-13-26-15;/h1-2,5-6,15,25H,3-4,7-14H2,(H,20,21,22);1H. The van der Waals surface area contributed by atoms with E-state index in [0.717, 1.165) is 81.4 Å². The Morgan fingerprint density at radius 3 is 2.70 bits per heavy atom. The van der Waals surface area contributed by atoms with Crippen LogP contribution in [0.4, 0.5) is 11.8 Å². The number of nitrogens with zero attached hydrogens (tertiary/aromatic N) is 4. The van der Waals surface area contributed by atoms with Crippen LogP contribution in [-0.2, 0) is 4.74 Å². The molecule has 148 valence electrons. The monoisotopic (exact) mass is 393 g/mol. The van der Waals surface area contributed by atoms with Gasteiger partial charge in [-0.1, -0.05) is 12.1 Å². The molecular weight excluding hydrogens is 366 g/mol. The van der Waals surface area contributed by atoms with Gasteiger partial charge in [-0.15, -0.1) is 12.4 Å². The maximum Gasteiger partial charge on any atom is 0.227 e. The molecule has 0 aliphatic carbocycles. The van der Waals surface area contributed by atoms with E-state index < -0.39 is 0 Å². The Kier molecular flexibility index (Phi) is 7.07. The second kappa shape index (κ2) is 9.50. The zero-order valence-electron chi connectivity index (χ0n) is 15.5. The zero-order chi connectivity index (χ0) is 17.8. The predicted molar refractivity (Wildman–Crippen MR) is 110 cm³/mol. The van der Waals surface area contributed by atoms with Crippen LogP contribution in [0, 0.1) is 0 Å². The average Bonchev–Trinajstić information content (AvgIpc) is 3.20. The van der Waals surface area contributed by atoms with Gasteiger partial charge in [0.15, 0.2) is 0 Å². The van der Waals surface area contributed by atoms with Gasteiger partial charge in [-0.3, -0.25) is 4.90 Å². The number of aromatic nitrogens is 2. The average molecular weight is 394 g/mol. The van der Waals surface area contributed by atoms with E-state index in [4.69, 9.17) is 19.8 Å². The molecule has 2 aromatic rings. The van der Waals surface area contributed by atoms with Crippen molar-refractivity contribution in [1.82, 2.24) is 14.9 Å². The van der Waals surface area contributed by atoms with Gasteiger partial charge in [0, 0.05) is 51.3 Å². The summed E-state index contributed by atoms with van der Waals surface area (Å²) in [5.74, 6) is 1.67. The first-order valence-corrected chi connectivity index (χ1v) is 9.54. The molecule has 2 fully saturated rings. The highest BCUT2D eigenvalue weighted by atomic mass is 35.5. The highest BCUT2D eigenvalue weighted by Gasteiger charge is 2.21. The Labute approximate surface area is 166 Å². The number of para-hydroxylation sites is 1. The van der Waals surface area contributed by atoms with Crippen molar-refractivity contribution in [1.29, 1.82) is 0 Å². The fourth-order valence-corrected chi connectivity index (χ4v) is 3.67. The van der Waals surface area contributed by atoms with E-state index in [2.05, 4.69) is 21.2 Å². The van der Waals surface area contributed by atoms with Gasteiger partial charge in [0.05, 0.1) is 18.2 Å². The van der Waals surface area contributed by atoms with Gasteiger partial charge in [0.2, 0.25) is 5.95 Å². The summed E-state index contributed by atoms with van der Waals surface area (Å²) in [6.45, 7) is 6.20. The summed E-state index contributed by atoms with van der Waals surface area (Å²) in [5.41, 5.74) is 0.963. The lowest BCUT2D eigenvalue weighted by molar-refractivity contribution is 0.120. The van der Waals surface area contributed by atoms with Crippen LogP contribution in [0.2, 0.25) is 0 Å². The van der Waals surface area contributed by atoms with Gasteiger partial charge in [-0.05, 0) is 25.0 Å². The normalized spacial score (nSPS) is 20.6. The Hall–Kier alpha value is -1.67. The van der Waals surface area contributed by atoms with E-state index >= 15 is 0 Å². The van der Waals surface area contributed by atoms with Gasteiger partial charge in [-0.25, -0.2) is 4.98 Å².